The fraction of sp³-hybridized carbons (Fsp3) is 0.300. The zero-order valence-electron chi connectivity index (χ0n) is 8.27. The third-order valence-corrected chi connectivity index (χ3v) is 3.14. The third-order valence-electron chi connectivity index (χ3n) is 1.87. The second-order valence-electron chi connectivity index (χ2n) is 3.19. The highest BCUT2D eigenvalue weighted by molar-refractivity contribution is 9.10. The molecule has 1 rings (SSSR count). The number of hydrogen-bond donors (Lipinski definition) is 1. The van der Waals surface area contributed by atoms with Crippen LogP contribution in [0.15, 0.2) is 16.6 Å². The summed E-state index contributed by atoms with van der Waals surface area (Å²) in [4.78, 5) is 11.0. The molecule has 0 spiro atoms. The van der Waals surface area contributed by atoms with E-state index in [0.717, 1.165) is 5.56 Å². The minimum absolute atomic E-state index is 0.201. The molecule has 0 aliphatic heterocycles. The van der Waals surface area contributed by atoms with Crippen LogP contribution in [0.2, 0.25) is 0 Å². The molecule has 0 aliphatic rings. The van der Waals surface area contributed by atoms with E-state index in [1.165, 1.54) is 6.07 Å². The van der Waals surface area contributed by atoms with Crippen LogP contribution in [0.4, 0.5) is 10.1 Å². The predicted octanol–water partition coefficient (Wildman–Crippen LogP) is 3.62. The van der Waals surface area contributed by atoms with Crippen LogP contribution in [-0.2, 0) is 4.79 Å². The Kier molecular flexibility index (Phi) is 4.28. The lowest BCUT2D eigenvalue weighted by Gasteiger charge is -2.09. The lowest BCUT2D eigenvalue weighted by Crippen LogP contribution is -2.20. The first kappa shape index (κ1) is 12.6. The van der Waals surface area contributed by atoms with Gasteiger partial charge >= 0.3 is 0 Å². The maximum atomic E-state index is 13.4. The molecule has 15 heavy (non-hydrogen) atoms. The van der Waals surface area contributed by atoms with E-state index >= 15 is 0 Å². The van der Waals surface area contributed by atoms with Crippen LogP contribution in [-0.4, -0.2) is 10.7 Å². The molecule has 0 saturated carbocycles. The summed E-state index contributed by atoms with van der Waals surface area (Å²) < 4.78 is 14.1. The molecule has 5 heteroatoms. The highest BCUT2D eigenvalue weighted by Gasteiger charge is 2.12. The van der Waals surface area contributed by atoms with E-state index in [2.05, 4.69) is 37.2 Å². The summed E-state index contributed by atoms with van der Waals surface area (Å²) in [5.74, 6) is -0.718. The van der Waals surface area contributed by atoms with Gasteiger partial charge in [0.05, 0.1) is 10.5 Å². The summed E-state index contributed by atoms with van der Waals surface area (Å²) in [6, 6.07) is 2.93. The second-order valence-corrected chi connectivity index (χ2v) is 5.41. The van der Waals surface area contributed by atoms with E-state index in [0.29, 0.717) is 4.47 Å². The first-order chi connectivity index (χ1) is 6.91. The fourth-order valence-corrected chi connectivity index (χ4v) is 1.42. The smallest absolute Gasteiger partial charge is 0.237 e. The Labute approximate surface area is 105 Å². The van der Waals surface area contributed by atoms with Gasteiger partial charge in [-0.25, -0.2) is 4.39 Å². The first-order valence-corrected chi connectivity index (χ1v) is 6.03. The van der Waals surface area contributed by atoms with E-state index < -0.39 is 5.82 Å². The average Bonchev–Trinajstić information content (AvgIpc) is 2.13. The monoisotopic (exact) mass is 337 g/mol. The number of carbonyl (C=O) groups is 1. The van der Waals surface area contributed by atoms with Crippen LogP contribution in [0.1, 0.15) is 12.5 Å². The first-order valence-electron chi connectivity index (χ1n) is 4.32. The molecule has 1 unspecified atom stereocenters. The van der Waals surface area contributed by atoms with Gasteiger partial charge in [0.1, 0.15) is 5.82 Å². The SMILES string of the molecule is Cc1cc(NC(=O)C(C)Br)c(F)cc1Br. The molecular formula is C10H10Br2FNO. The Morgan fingerprint density at radius 3 is 2.67 bits per heavy atom. The van der Waals surface area contributed by atoms with Crippen LogP contribution in [0.5, 0.6) is 0 Å². The Balaban J connectivity index is 2.96. The quantitative estimate of drug-likeness (QED) is 0.820. The van der Waals surface area contributed by atoms with Crippen molar-refractivity contribution in [2.75, 3.05) is 5.32 Å². The number of hydrogen-bond acceptors (Lipinski definition) is 1. The van der Waals surface area contributed by atoms with Gasteiger partial charge in [-0.3, -0.25) is 4.79 Å². The summed E-state index contributed by atoms with van der Waals surface area (Å²) >= 11 is 6.32. The number of rotatable bonds is 2. The zero-order valence-corrected chi connectivity index (χ0v) is 11.4. The molecule has 1 aromatic carbocycles. The van der Waals surface area contributed by atoms with Crippen LogP contribution >= 0.6 is 31.9 Å². The molecule has 1 atom stereocenters. The van der Waals surface area contributed by atoms with E-state index in [9.17, 15) is 9.18 Å². The van der Waals surface area contributed by atoms with Crippen molar-refractivity contribution in [2.24, 2.45) is 0 Å². The number of carbonyl (C=O) groups excluding carboxylic acids is 1. The molecule has 0 aromatic heterocycles. The number of amides is 1. The lowest BCUT2D eigenvalue weighted by molar-refractivity contribution is -0.115. The van der Waals surface area contributed by atoms with Crippen molar-refractivity contribution in [3.05, 3.63) is 28.0 Å². The number of nitrogens with one attached hydrogen (secondary N) is 1. The van der Waals surface area contributed by atoms with Crippen molar-refractivity contribution in [2.45, 2.75) is 18.7 Å². The van der Waals surface area contributed by atoms with Gasteiger partial charge in [0.15, 0.2) is 0 Å². The maximum absolute atomic E-state index is 13.4. The highest BCUT2D eigenvalue weighted by atomic mass is 79.9. The normalized spacial score (nSPS) is 12.3. The van der Waals surface area contributed by atoms with Crippen LogP contribution in [0, 0.1) is 12.7 Å². The van der Waals surface area contributed by atoms with Crippen LogP contribution < -0.4 is 5.32 Å². The van der Waals surface area contributed by atoms with Crippen molar-refractivity contribution < 1.29 is 9.18 Å². The van der Waals surface area contributed by atoms with Gasteiger partial charge in [0.2, 0.25) is 5.91 Å². The van der Waals surface area contributed by atoms with Gasteiger partial charge < -0.3 is 5.32 Å². The molecule has 82 valence electrons. The average molecular weight is 339 g/mol. The molecule has 1 amide bonds. The number of anilines is 1. The molecule has 0 heterocycles. The summed E-state index contributed by atoms with van der Waals surface area (Å²) in [6.45, 7) is 3.51. The molecule has 0 bridgehead atoms. The van der Waals surface area contributed by atoms with Crippen LogP contribution in [0.3, 0.4) is 0 Å². The zero-order chi connectivity index (χ0) is 11.6. The largest absolute Gasteiger partial charge is 0.323 e. The van der Waals surface area contributed by atoms with Crippen LogP contribution in [0.25, 0.3) is 0 Å². The van der Waals surface area contributed by atoms with Crippen molar-refractivity contribution in [1.29, 1.82) is 0 Å². The third kappa shape index (κ3) is 3.28. The van der Waals surface area contributed by atoms with Crippen molar-refractivity contribution in [3.63, 3.8) is 0 Å². The minimum Gasteiger partial charge on any atom is -0.323 e. The molecule has 2 nitrogen and oxygen atoms in total. The molecule has 0 aliphatic carbocycles. The van der Waals surface area contributed by atoms with E-state index in [-0.39, 0.29) is 16.4 Å². The molecule has 0 saturated heterocycles. The van der Waals surface area contributed by atoms with E-state index in [1.54, 1.807) is 13.0 Å². The molecule has 1 N–H and O–H groups in total. The van der Waals surface area contributed by atoms with E-state index in [4.69, 9.17) is 0 Å². The summed E-state index contributed by atoms with van der Waals surface area (Å²) in [5.41, 5.74) is 1.07. The predicted molar refractivity (Wildman–Crippen MR) is 65.9 cm³/mol. The number of alkyl halides is 1. The maximum Gasteiger partial charge on any atom is 0.237 e. The van der Waals surface area contributed by atoms with E-state index in [1.807, 2.05) is 6.92 Å². The topological polar surface area (TPSA) is 29.1 Å². The number of benzene rings is 1. The van der Waals surface area contributed by atoms with Gasteiger partial charge in [-0.1, -0.05) is 31.9 Å². The standard InChI is InChI=1S/C10H10Br2FNO/c1-5-3-9(8(13)4-7(5)12)14-10(15)6(2)11/h3-4,6H,1-2H3,(H,14,15). The van der Waals surface area contributed by atoms with Gasteiger partial charge in [-0.15, -0.1) is 0 Å². The van der Waals surface area contributed by atoms with Gasteiger partial charge in [-0.2, -0.15) is 0 Å². The van der Waals surface area contributed by atoms with Gasteiger partial charge in [0.25, 0.3) is 0 Å². The summed E-state index contributed by atoms with van der Waals surface area (Å²) in [7, 11) is 0. The number of aryl methyl sites for hydroxylation is 1. The van der Waals surface area contributed by atoms with Gasteiger partial charge in [-0.05, 0) is 31.5 Å². The van der Waals surface area contributed by atoms with Crippen molar-refractivity contribution in [1.82, 2.24) is 0 Å². The minimum atomic E-state index is -0.450. The van der Waals surface area contributed by atoms with Gasteiger partial charge in [0, 0.05) is 4.47 Å². The lowest BCUT2D eigenvalue weighted by atomic mass is 10.2. The molecular weight excluding hydrogens is 329 g/mol. The molecule has 0 radical (unpaired) electrons. The Bertz CT molecular complexity index is 393. The second kappa shape index (κ2) is 5.07. The highest BCUT2D eigenvalue weighted by Crippen LogP contribution is 2.24. The summed E-state index contributed by atoms with van der Waals surface area (Å²) in [6.07, 6.45) is 0. The summed E-state index contributed by atoms with van der Waals surface area (Å²) in [5, 5.41) is 2.50. The van der Waals surface area contributed by atoms with Crippen molar-refractivity contribution in [3.8, 4) is 0 Å². The van der Waals surface area contributed by atoms with Crippen molar-refractivity contribution >= 4 is 43.5 Å². The Morgan fingerprint density at radius 1 is 1.53 bits per heavy atom. The Hall–Kier alpha value is -0.420. The molecule has 1 aromatic rings. The fourth-order valence-electron chi connectivity index (χ4n) is 0.985. The molecule has 0 fully saturated rings. The Morgan fingerprint density at radius 2 is 2.13 bits per heavy atom. The number of halogens is 3.